The molecule has 0 spiro atoms. The largest absolute Gasteiger partial charge is 0.0561 e. The normalized spacial score (nSPS) is 13.0. The zero-order chi connectivity index (χ0) is 13.6. The molecule has 0 aliphatic carbocycles. The highest BCUT2D eigenvalue weighted by atomic mass is 14.3. The average molecular weight is 232 g/mol. The molecule has 0 unspecified atom stereocenters. The lowest BCUT2D eigenvalue weighted by Crippen LogP contribution is -2.20. The van der Waals surface area contributed by atoms with Gasteiger partial charge < -0.3 is 0 Å². The smallest absolute Gasteiger partial charge is 0.0129 e. The van der Waals surface area contributed by atoms with E-state index < -0.39 is 0 Å². The summed E-state index contributed by atoms with van der Waals surface area (Å²) < 4.78 is 0. The quantitative estimate of drug-likeness (QED) is 0.576. The van der Waals surface area contributed by atoms with E-state index in [1.54, 1.807) is 0 Å². The van der Waals surface area contributed by atoms with Crippen LogP contribution in [0.4, 0.5) is 0 Å². The summed E-state index contributed by atoms with van der Waals surface area (Å²) in [7, 11) is 0. The van der Waals surface area contributed by atoms with Crippen LogP contribution < -0.4 is 0 Å². The van der Waals surface area contributed by atoms with E-state index in [1.807, 2.05) is 0 Å². The Bertz CT molecular complexity index is 385. The Labute approximate surface area is 107 Å². The predicted molar refractivity (Wildman–Crippen MR) is 78.1 cm³/mol. The molecule has 0 bridgehead atoms. The Balaban J connectivity index is 3.63. The van der Waals surface area contributed by atoms with Crippen molar-refractivity contribution in [3.8, 4) is 0 Å². The summed E-state index contributed by atoms with van der Waals surface area (Å²) in [5, 5.41) is 0. The summed E-state index contributed by atoms with van der Waals surface area (Å²) in [6, 6.07) is 2.43. The van der Waals surface area contributed by atoms with Crippen LogP contribution >= 0.6 is 0 Å². The highest BCUT2D eigenvalue weighted by Gasteiger charge is 2.24. The van der Waals surface area contributed by atoms with E-state index in [0.29, 0.717) is 0 Å². The summed E-state index contributed by atoms with van der Waals surface area (Å²) in [5.74, 6) is 0. The van der Waals surface area contributed by atoms with E-state index in [0.717, 1.165) is 0 Å². The molecule has 0 saturated heterocycles. The van der Waals surface area contributed by atoms with Gasteiger partial charge in [-0.3, -0.25) is 0 Å². The molecular formula is C17H28. The van der Waals surface area contributed by atoms with Crippen molar-refractivity contribution < 1.29 is 0 Å². The zero-order valence-corrected chi connectivity index (χ0v) is 13.1. The lowest BCUT2D eigenvalue weighted by molar-refractivity contribution is 0.561. The standard InChI is InChI=1S/C17H28/c1-11-12(2)14(16(4,5)6)10-15(13(11)3)17(7,8)9/h10H,1-9H3. The van der Waals surface area contributed by atoms with Gasteiger partial charge in [-0.15, -0.1) is 0 Å². The van der Waals surface area contributed by atoms with Crippen molar-refractivity contribution in [2.75, 3.05) is 0 Å². The van der Waals surface area contributed by atoms with Gasteiger partial charge in [-0.25, -0.2) is 0 Å². The van der Waals surface area contributed by atoms with Crippen LogP contribution in [0.3, 0.4) is 0 Å². The molecule has 0 saturated carbocycles. The second-order valence-electron chi connectivity index (χ2n) is 7.35. The third-order valence-corrected chi connectivity index (χ3v) is 3.84. The Morgan fingerprint density at radius 2 is 0.882 bits per heavy atom. The van der Waals surface area contributed by atoms with Gasteiger partial charge in [-0.2, -0.15) is 0 Å². The molecule has 0 aromatic heterocycles. The predicted octanol–water partition coefficient (Wildman–Crippen LogP) is 5.21. The summed E-state index contributed by atoms with van der Waals surface area (Å²) in [5.41, 5.74) is 7.81. The van der Waals surface area contributed by atoms with E-state index in [1.165, 1.54) is 27.8 Å². The number of rotatable bonds is 0. The molecule has 96 valence electrons. The van der Waals surface area contributed by atoms with Gasteiger partial charge in [-0.1, -0.05) is 47.6 Å². The van der Waals surface area contributed by atoms with Gasteiger partial charge in [0.1, 0.15) is 0 Å². The van der Waals surface area contributed by atoms with E-state index in [-0.39, 0.29) is 10.8 Å². The van der Waals surface area contributed by atoms with Gasteiger partial charge in [0.2, 0.25) is 0 Å². The summed E-state index contributed by atoms with van der Waals surface area (Å²) in [6.07, 6.45) is 0. The molecule has 17 heavy (non-hydrogen) atoms. The second-order valence-corrected chi connectivity index (χ2v) is 7.35. The molecule has 1 aromatic carbocycles. The fraction of sp³-hybridized carbons (Fsp3) is 0.647. The van der Waals surface area contributed by atoms with Crippen molar-refractivity contribution in [2.45, 2.75) is 73.1 Å². The van der Waals surface area contributed by atoms with Crippen molar-refractivity contribution in [1.29, 1.82) is 0 Å². The van der Waals surface area contributed by atoms with Crippen LogP contribution in [0, 0.1) is 20.8 Å². The number of benzene rings is 1. The fourth-order valence-electron chi connectivity index (χ4n) is 2.60. The minimum atomic E-state index is 0.225. The maximum Gasteiger partial charge on any atom is -0.0129 e. The first kappa shape index (κ1) is 14.3. The molecule has 0 atom stereocenters. The molecule has 0 N–H and O–H groups in total. The molecular weight excluding hydrogens is 204 g/mol. The molecule has 0 aliphatic heterocycles. The van der Waals surface area contributed by atoms with Gasteiger partial charge >= 0.3 is 0 Å². The van der Waals surface area contributed by atoms with Crippen LogP contribution in [0.2, 0.25) is 0 Å². The van der Waals surface area contributed by atoms with Crippen LogP contribution in [0.1, 0.15) is 69.4 Å². The highest BCUT2D eigenvalue weighted by molar-refractivity contribution is 5.49. The van der Waals surface area contributed by atoms with Gasteiger partial charge in [0.05, 0.1) is 0 Å². The highest BCUT2D eigenvalue weighted by Crippen LogP contribution is 2.35. The zero-order valence-electron chi connectivity index (χ0n) is 13.1. The maximum atomic E-state index is 2.43. The molecule has 0 heterocycles. The molecule has 1 rings (SSSR count). The third kappa shape index (κ3) is 2.73. The SMILES string of the molecule is Cc1c(C(C)(C)C)cc(C(C)(C)C)c(C)c1C. The molecule has 0 nitrogen and oxygen atoms in total. The molecule has 0 amide bonds. The van der Waals surface area contributed by atoms with Crippen LogP contribution in [0.25, 0.3) is 0 Å². The number of hydrogen-bond donors (Lipinski definition) is 0. The average Bonchev–Trinajstić information content (AvgIpc) is 2.10. The van der Waals surface area contributed by atoms with E-state index >= 15 is 0 Å². The minimum Gasteiger partial charge on any atom is -0.0561 e. The van der Waals surface area contributed by atoms with Crippen molar-refractivity contribution >= 4 is 0 Å². The van der Waals surface area contributed by atoms with Crippen LogP contribution in [0.5, 0.6) is 0 Å². The van der Waals surface area contributed by atoms with Crippen molar-refractivity contribution in [3.63, 3.8) is 0 Å². The molecule has 0 aliphatic rings. The van der Waals surface area contributed by atoms with E-state index in [2.05, 4.69) is 68.4 Å². The second kappa shape index (κ2) is 4.15. The summed E-state index contributed by atoms with van der Waals surface area (Å²) in [6.45, 7) is 20.6. The fourth-order valence-corrected chi connectivity index (χ4v) is 2.60. The monoisotopic (exact) mass is 232 g/mol. The van der Waals surface area contributed by atoms with Crippen LogP contribution in [-0.2, 0) is 10.8 Å². The molecule has 0 radical (unpaired) electrons. The third-order valence-electron chi connectivity index (χ3n) is 3.84. The van der Waals surface area contributed by atoms with Gasteiger partial charge in [0, 0.05) is 0 Å². The first-order chi connectivity index (χ1) is 7.46. The Morgan fingerprint density at radius 1 is 0.588 bits per heavy atom. The van der Waals surface area contributed by atoms with E-state index in [9.17, 15) is 0 Å². The van der Waals surface area contributed by atoms with Crippen molar-refractivity contribution in [1.82, 2.24) is 0 Å². The summed E-state index contributed by atoms with van der Waals surface area (Å²) >= 11 is 0. The Morgan fingerprint density at radius 3 is 1.12 bits per heavy atom. The van der Waals surface area contributed by atoms with E-state index in [4.69, 9.17) is 0 Å². The summed E-state index contributed by atoms with van der Waals surface area (Å²) in [4.78, 5) is 0. The minimum absolute atomic E-state index is 0.225. The van der Waals surface area contributed by atoms with Crippen LogP contribution in [-0.4, -0.2) is 0 Å². The maximum absolute atomic E-state index is 2.43. The molecule has 0 heteroatoms. The van der Waals surface area contributed by atoms with Gasteiger partial charge in [-0.05, 0) is 59.4 Å². The first-order valence-corrected chi connectivity index (χ1v) is 6.58. The molecule has 1 aromatic rings. The van der Waals surface area contributed by atoms with Crippen LogP contribution in [0.15, 0.2) is 6.07 Å². The lowest BCUT2D eigenvalue weighted by Gasteiger charge is -2.30. The van der Waals surface area contributed by atoms with Crippen molar-refractivity contribution in [2.24, 2.45) is 0 Å². The topological polar surface area (TPSA) is 0 Å². The number of hydrogen-bond acceptors (Lipinski definition) is 0. The first-order valence-electron chi connectivity index (χ1n) is 6.58. The van der Waals surface area contributed by atoms with Crippen molar-refractivity contribution in [3.05, 3.63) is 33.9 Å². The van der Waals surface area contributed by atoms with Gasteiger partial charge in [0.15, 0.2) is 0 Å². The lowest BCUT2D eigenvalue weighted by atomic mass is 9.75. The van der Waals surface area contributed by atoms with Gasteiger partial charge in [0.25, 0.3) is 0 Å². The Kier molecular flexibility index (Phi) is 3.49. The Hall–Kier alpha value is -0.780. The molecule has 0 fully saturated rings.